The van der Waals surface area contributed by atoms with Gasteiger partial charge >= 0.3 is 5.51 Å². The Hall–Kier alpha value is -1.83. The van der Waals surface area contributed by atoms with Crippen LogP contribution in [0.2, 0.25) is 0 Å². The molecule has 2 rings (SSSR count). The van der Waals surface area contributed by atoms with Crippen LogP contribution in [0.5, 0.6) is 0 Å². The second-order valence-electron chi connectivity index (χ2n) is 3.87. The van der Waals surface area contributed by atoms with Gasteiger partial charge in [-0.1, -0.05) is 18.2 Å². The maximum Gasteiger partial charge on any atom is 0.501 e. The number of hydrogen-bond acceptors (Lipinski definition) is 3. The number of fused-ring (bicyclic) bond motifs is 1. The third-order valence-corrected chi connectivity index (χ3v) is 4.24. The smallest absolute Gasteiger partial charge is 0.311 e. The van der Waals surface area contributed by atoms with E-state index in [-0.39, 0.29) is 10.9 Å². The SMILES string of the molecule is Cn1c(=O)cc(S(=O)(=O)C(F)(F)F)c2ccccc21. The summed E-state index contributed by atoms with van der Waals surface area (Å²) in [5.41, 5.74) is -6.14. The Bertz CT molecular complexity index is 806. The average Bonchev–Trinajstić information content (AvgIpc) is 2.32. The number of sulfone groups is 1. The molecule has 19 heavy (non-hydrogen) atoms. The van der Waals surface area contributed by atoms with Gasteiger partial charge in [0.25, 0.3) is 15.4 Å². The van der Waals surface area contributed by atoms with Gasteiger partial charge in [-0.15, -0.1) is 0 Å². The summed E-state index contributed by atoms with van der Waals surface area (Å²) in [6, 6.07) is 6.01. The highest BCUT2D eigenvalue weighted by molar-refractivity contribution is 7.92. The van der Waals surface area contributed by atoms with Crippen molar-refractivity contribution in [1.29, 1.82) is 0 Å². The Morgan fingerprint density at radius 2 is 1.74 bits per heavy atom. The summed E-state index contributed by atoms with van der Waals surface area (Å²) < 4.78 is 61.8. The lowest BCUT2D eigenvalue weighted by Crippen LogP contribution is -2.26. The molecule has 0 radical (unpaired) electrons. The number of halogens is 3. The maximum atomic E-state index is 12.6. The third kappa shape index (κ3) is 2.01. The van der Waals surface area contributed by atoms with Gasteiger partial charge in [-0.25, -0.2) is 8.42 Å². The summed E-state index contributed by atoms with van der Waals surface area (Å²) in [5, 5.41) is -0.137. The van der Waals surface area contributed by atoms with Crippen LogP contribution in [0, 0.1) is 0 Å². The number of rotatable bonds is 1. The number of alkyl halides is 3. The Morgan fingerprint density at radius 3 is 2.32 bits per heavy atom. The van der Waals surface area contributed by atoms with Crippen LogP contribution in [0.1, 0.15) is 0 Å². The molecule has 0 bridgehead atoms. The summed E-state index contributed by atoms with van der Waals surface area (Å²) in [6.45, 7) is 0. The molecule has 1 aromatic heterocycles. The topological polar surface area (TPSA) is 56.1 Å². The van der Waals surface area contributed by atoms with Crippen molar-refractivity contribution in [2.45, 2.75) is 10.4 Å². The number of para-hydroxylation sites is 1. The first-order chi connectivity index (χ1) is 8.66. The fraction of sp³-hybridized carbons (Fsp3) is 0.182. The lowest BCUT2D eigenvalue weighted by Gasteiger charge is -2.12. The van der Waals surface area contributed by atoms with Crippen molar-refractivity contribution < 1.29 is 21.6 Å². The highest BCUT2D eigenvalue weighted by Gasteiger charge is 2.47. The molecule has 0 amide bonds. The van der Waals surface area contributed by atoms with Gasteiger partial charge in [-0.2, -0.15) is 13.2 Å². The monoisotopic (exact) mass is 291 g/mol. The first-order valence-electron chi connectivity index (χ1n) is 5.06. The van der Waals surface area contributed by atoms with E-state index >= 15 is 0 Å². The Morgan fingerprint density at radius 1 is 1.16 bits per heavy atom. The van der Waals surface area contributed by atoms with Gasteiger partial charge in [-0.05, 0) is 6.07 Å². The van der Waals surface area contributed by atoms with E-state index in [1.165, 1.54) is 31.3 Å². The van der Waals surface area contributed by atoms with Gasteiger partial charge in [0.2, 0.25) is 0 Å². The van der Waals surface area contributed by atoms with Gasteiger partial charge < -0.3 is 4.57 Å². The molecule has 4 nitrogen and oxygen atoms in total. The number of pyridine rings is 1. The van der Waals surface area contributed by atoms with Crippen molar-refractivity contribution >= 4 is 20.7 Å². The number of aryl methyl sites for hydroxylation is 1. The van der Waals surface area contributed by atoms with Crippen LogP contribution in [-0.4, -0.2) is 18.5 Å². The standard InChI is InChI=1S/C11H8F3NO3S/c1-15-8-5-3-2-4-7(8)9(6-10(15)16)19(17,18)11(12,13)14/h2-6H,1H3. The molecule has 0 aliphatic carbocycles. The van der Waals surface area contributed by atoms with E-state index in [0.717, 1.165) is 4.57 Å². The maximum absolute atomic E-state index is 12.6. The third-order valence-electron chi connectivity index (χ3n) is 2.71. The van der Waals surface area contributed by atoms with E-state index in [0.29, 0.717) is 6.07 Å². The van der Waals surface area contributed by atoms with Crippen molar-refractivity contribution in [3.05, 3.63) is 40.7 Å². The first-order valence-corrected chi connectivity index (χ1v) is 6.54. The molecule has 1 heterocycles. The minimum atomic E-state index is -5.56. The molecular formula is C11H8F3NO3S. The number of aromatic nitrogens is 1. The highest BCUT2D eigenvalue weighted by atomic mass is 32.2. The molecule has 1 aromatic carbocycles. The molecule has 0 saturated carbocycles. The molecule has 0 fully saturated rings. The normalized spacial score (nSPS) is 12.8. The predicted molar refractivity (Wildman–Crippen MR) is 62.4 cm³/mol. The zero-order valence-electron chi connectivity index (χ0n) is 9.60. The zero-order chi connectivity index (χ0) is 14.4. The minimum absolute atomic E-state index is 0.123. The Labute approximate surface area is 106 Å². The van der Waals surface area contributed by atoms with Crippen molar-refractivity contribution in [3.63, 3.8) is 0 Å². The van der Waals surface area contributed by atoms with E-state index in [1.807, 2.05) is 0 Å². The van der Waals surface area contributed by atoms with Crippen LogP contribution in [0.3, 0.4) is 0 Å². The fourth-order valence-electron chi connectivity index (χ4n) is 1.73. The van der Waals surface area contributed by atoms with Gasteiger partial charge in [0.1, 0.15) is 0 Å². The predicted octanol–water partition coefficient (Wildman–Crippen LogP) is 1.83. The van der Waals surface area contributed by atoms with Crippen LogP contribution in [0.4, 0.5) is 13.2 Å². The molecule has 0 saturated heterocycles. The Balaban J connectivity index is 2.99. The van der Waals surface area contributed by atoms with E-state index in [4.69, 9.17) is 0 Å². The Kier molecular flexibility index (Phi) is 2.93. The van der Waals surface area contributed by atoms with Crippen LogP contribution >= 0.6 is 0 Å². The molecule has 0 spiro atoms. The molecule has 0 aliphatic heterocycles. The van der Waals surface area contributed by atoms with E-state index in [1.54, 1.807) is 0 Å². The second-order valence-corrected chi connectivity index (χ2v) is 5.78. The molecule has 0 unspecified atom stereocenters. The molecule has 102 valence electrons. The van der Waals surface area contributed by atoms with Crippen LogP contribution < -0.4 is 5.56 Å². The van der Waals surface area contributed by atoms with E-state index < -0.39 is 25.8 Å². The summed E-state index contributed by atoms with van der Waals surface area (Å²) >= 11 is 0. The zero-order valence-corrected chi connectivity index (χ0v) is 10.4. The molecule has 0 aliphatic rings. The van der Waals surface area contributed by atoms with Crippen molar-refractivity contribution in [2.24, 2.45) is 7.05 Å². The lowest BCUT2D eigenvalue weighted by molar-refractivity contribution is -0.0435. The fourth-order valence-corrected chi connectivity index (χ4v) is 2.69. The first kappa shape index (κ1) is 13.6. The molecule has 2 aromatic rings. The highest BCUT2D eigenvalue weighted by Crippen LogP contribution is 2.33. The number of benzene rings is 1. The van der Waals surface area contributed by atoms with Gasteiger partial charge in [0.05, 0.1) is 10.4 Å². The summed E-state index contributed by atoms with van der Waals surface area (Å²) in [4.78, 5) is 10.5. The minimum Gasteiger partial charge on any atom is -0.311 e. The lowest BCUT2D eigenvalue weighted by atomic mass is 10.2. The molecule has 8 heteroatoms. The summed E-state index contributed by atoms with van der Waals surface area (Å²) in [6.07, 6.45) is 0. The van der Waals surface area contributed by atoms with Gasteiger partial charge in [0.15, 0.2) is 0 Å². The average molecular weight is 291 g/mol. The van der Waals surface area contributed by atoms with Crippen molar-refractivity contribution in [1.82, 2.24) is 4.57 Å². The van der Waals surface area contributed by atoms with Crippen molar-refractivity contribution in [2.75, 3.05) is 0 Å². The quantitative estimate of drug-likeness (QED) is 0.805. The number of hydrogen-bond donors (Lipinski definition) is 0. The van der Waals surface area contributed by atoms with Crippen molar-refractivity contribution in [3.8, 4) is 0 Å². The largest absolute Gasteiger partial charge is 0.501 e. The second kappa shape index (κ2) is 4.09. The van der Waals surface area contributed by atoms with Crippen LogP contribution in [0.25, 0.3) is 10.9 Å². The van der Waals surface area contributed by atoms with Crippen LogP contribution in [0.15, 0.2) is 40.0 Å². The summed E-state index contributed by atoms with van der Waals surface area (Å²) in [7, 11) is -4.20. The van der Waals surface area contributed by atoms with E-state index in [9.17, 15) is 26.4 Å². The van der Waals surface area contributed by atoms with Crippen LogP contribution in [-0.2, 0) is 16.9 Å². The molecular weight excluding hydrogens is 283 g/mol. The van der Waals surface area contributed by atoms with Gasteiger partial charge in [0, 0.05) is 18.5 Å². The molecule has 0 N–H and O–H groups in total. The summed E-state index contributed by atoms with van der Waals surface area (Å²) in [5.74, 6) is 0. The van der Waals surface area contributed by atoms with Gasteiger partial charge in [-0.3, -0.25) is 4.79 Å². The molecule has 0 atom stereocenters. The number of nitrogens with zero attached hydrogens (tertiary/aromatic N) is 1. The van der Waals surface area contributed by atoms with E-state index in [2.05, 4.69) is 0 Å².